The van der Waals surface area contributed by atoms with Crippen molar-refractivity contribution < 1.29 is 14.5 Å². The number of rotatable bonds is 6. The van der Waals surface area contributed by atoms with E-state index in [0.717, 1.165) is 18.7 Å². The molecule has 142 valence electrons. The van der Waals surface area contributed by atoms with Crippen LogP contribution in [-0.4, -0.2) is 48.6 Å². The number of ether oxygens (including phenoxy) is 1. The van der Waals surface area contributed by atoms with Crippen molar-refractivity contribution in [1.29, 1.82) is 0 Å². The molecule has 1 heterocycles. The second kappa shape index (κ2) is 8.94. The van der Waals surface area contributed by atoms with Crippen LogP contribution in [0.4, 0.5) is 5.69 Å². The summed E-state index contributed by atoms with van der Waals surface area (Å²) in [6.07, 6.45) is 0. The summed E-state index contributed by atoms with van der Waals surface area (Å²) in [5, 5.41) is 14.0. The third kappa shape index (κ3) is 4.82. The lowest BCUT2D eigenvalue weighted by Crippen LogP contribution is -2.43. The Labute approximate surface area is 162 Å². The number of carbonyl (C=O) groups excluding carboxylic acids is 1. The molecule has 1 N–H and O–H groups in total. The van der Waals surface area contributed by atoms with Crippen molar-refractivity contribution in [2.75, 3.05) is 32.8 Å². The summed E-state index contributed by atoms with van der Waals surface area (Å²) in [7, 11) is 0. The van der Waals surface area contributed by atoms with E-state index >= 15 is 0 Å². The van der Waals surface area contributed by atoms with Gasteiger partial charge in [-0.25, -0.2) is 0 Å². The van der Waals surface area contributed by atoms with E-state index in [1.807, 2.05) is 30.3 Å². The Morgan fingerprint density at radius 1 is 1.22 bits per heavy atom. The zero-order valence-corrected chi connectivity index (χ0v) is 15.4. The van der Waals surface area contributed by atoms with Gasteiger partial charge in [0.2, 0.25) is 0 Å². The van der Waals surface area contributed by atoms with Crippen LogP contribution in [0, 0.1) is 10.1 Å². The standard InChI is InChI=1S/C19H20ClN3O4/c20-17-7-6-15(23(25)26)12-16(17)19(24)21-13-18(14-4-2-1-3-5-14)22-8-10-27-11-9-22/h1-7,12,18H,8-11,13H2,(H,21,24). The van der Waals surface area contributed by atoms with Gasteiger partial charge in [0.1, 0.15) is 0 Å². The highest BCUT2D eigenvalue weighted by Crippen LogP contribution is 2.24. The molecule has 0 radical (unpaired) electrons. The monoisotopic (exact) mass is 389 g/mol. The molecule has 1 saturated heterocycles. The predicted octanol–water partition coefficient (Wildman–Crippen LogP) is 3.05. The summed E-state index contributed by atoms with van der Waals surface area (Å²) >= 11 is 6.07. The van der Waals surface area contributed by atoms with E-state index in [0.29, 0.717) is 19.8 Å². The van der Waals surface area contributed by atoms with E-state index in [2.05, 4.69) is 10.2 Å². The second-order valence-corrected chi connectivity index (χ2v) is 6.61. The molecule has 0 bridgehead atoms. The minimum Gasteiger partial charge on any atom is -0.379 e. The number of nitrogens with zero attached hydrogens (tertiary/aromatic N) is 2. The number of non-ortho nitro benzene ring substituents is 1. The van der Waals surface area contributed by atoms with Crippen LogP contribution < -0.4 is 5.32 Å². The van der Waals surface area contributed by atoms with E-state index in [-0.39, 0.29) is 22.3 Å². The topological polar surface area (TPSA) is 84.7 Å². The molecule has 1 atom stereocenters. The molecule has 27 heavy (non-hydrogen) atoms. The van der Waals surface area contributed by atoms with Crippen LogP contribution in [0.3, 0.4) is 0 Å². The fraction of sp³-hybridized carbons (Fsp3) is 0.316. The number of morpholine rings is 1. The number of benzene rings is 2. The highest BCUT2D eigenvalue weighted by atomic mass is 35.5. The van der Waals surface area contributed by atoms with E-state index in [9.17, 15) is 14.9 Å². The van der Waals surface area contributed by atoms with Gasteiger partial charge in [-0.3, -0.25) is 19.8 Å². The average molecular weight is 390 g/mol. The first-order valence-electron chi connectivity index (χ1n) is 8.65. The molecule has 0 aromatic heterocycles. The summed E-state index contributed by atoms with van der Waals surface area (Å²) in [4.78, 5) is 25.3. The Hall–Kier alpha value is -2.48. The first kappa shape index (κ1) is 19.3. The van der Waals surface area contributed by atoms with Gasteiger partial charge in [-0.05, 0) is 11.6 Å². The zero-order chi connectivity index (χ0) is 19.2. The fourth-order valence-corrected chi connectivity index (χ4v) is 3.31. The van der Waals surface area contributed by atoms with Crippen molar-refractivity contribution in [2.24, 2.45) is 0 Å². The third-order valence-corrected chi connectivity index (χ3v) is 4.86. The molecule has 1 unspecified atom stereocenters. The van der Waals surface area contributed by atoms with E-state index in [1.165, 1.54) is 18.2 Å². The van der Waals surface area contributed by atoms with Crippen LogP contribution in [0.25, 0.3) is 0 Å². The van der Waals surface area contributed by atoms with Crippen molar-refractivity contribution in [3.05, 3.63) is 74.8 Å². The molecule has 7 nitrogen and oxygen atoms in total. The Morgan fingerprint density at radius 3 is 2.59 bits per heavy atom. The van der Waals surface area contributed by atoms with Crippen molar-refractivity contribution in [2.45, 2.75) is 6.04 Å². The largest absolute Gasteiger partial charge is 0.379 e. The summed E-state index contributed by atoms with van der Waals surface area (Å²) in [6.45, 7) is 3.20. The van der Waals surface area contributed by atoms with Crippen LogP contribution in [-0.2, 0) is 4.74 Å². The fourth-order valence-electron chi connectivity index (χ4n) is 3.11. The Morgan fingerprint density at radius 2 is 1.93 bits per heavy atom. The SMILES string of the molecule is O=C(NCC(c1ccccc1)N1CCOCC1)c1cc([N+](=O)[O-])ccc1Cl. The average Bonchev–Trinajstić information content (AvgIpc) is 2.70. The van der Waals surface area contributed by atoms with Gasteiger partial charge in [-0.15, -0.1) is 0 Å². The number of halogens is 1. The third-order valence-electron chi connectivity index (χ3n) is 4.53. The number of hydrogen-bond donors (Lipinski definition) is 1. The number of carbonyl (C=O) groups is 1. The lowest BCUT2D eigenvalue weighted by atomic mass is 10.0. The van der Waals surface area contributed by atoms with Gasteiger partial charge in [0.25, 0.3) is 11.6 Å². The maximum Gasteiger partial charge on any atom is 0.270 e. The minimum absolute atomic E-state index is 0.0171. The Balaban J connectivity index is 1.76. The highest BCUT2D eigenvalue weighted by Gasteiger charge is 2.24. The summed E-state index contributed by atoms with van der Waals surface area (Å²) in [6, 6.07) is 13.7. The predicted molar refractivity (Wildman–Crippen MR) is 102 cm³/mol. The molecule has 2 aromatic carbocycles. The van der Waals surface area contributed by atoms with Gasteiger partial charge in [-0.2, -0.15) is 0 Å². The van der Waals surface area contributed by atoms with Crippen LogP contribution in [0.1, 0.15) is 22.0 Å². The number of nitrogens with one attached hydrogen (secondary N) is 1. The van der Waals surface area contributed by atoms with E-state index in [1.54, 1.807) is 0 Å². The quantitative estimate of drug-likeness (QED) is 0.606. The molecular weight excluding hydrogens is 370 g/mol. The van der Waals surface area contributed by atoms with Crippen LogP contribution in [0.2, 0.25) is 5.02 Å². The smallest absolute Gasteiger partial charge is 0.270 e. The first-order chi connectivity index (χ1) is 13.1. The summed E-state index contributed by atoms with van der Waals surface area (Å²) in [5.41, 5.74) is 1.02. The van der Waals surface area contributed by atoms with Crippen molar-refractivity contribution in [3.8, 4) is 0 Å². The second-order valence-electron chi connectivity index (χ2n) is 6.21. The summed E-state index contributed by atoms with van der Waals surface area (Å²) < 4.78 is 5.42. The van der Waals surface area contributed by atoms with Gasteiger partial charge in [0.05, 0.1) is 34.8 Å². The molecular formula is C19H20ClN3O4. The molecule has 1 fully saturated rings. The minimum atomic E-state index is -0.548. The first-order valence-corrected chi connectivity index (χ1v) is 9.03. The maximum absolute atomic E-state index is 12.6. The number of nitro groups is 1. The number of hydrogen-bond acceptors (Lipinski definition) is 5. The molecule has 0 aliphatic carbocycles. The van der Waals surface area contributed by atoms with Crippen molar-refractivity contribution in [3.63, 3.8) is 0 Å². The molecule has 1 amide bonds. The normalized spacial score (nSPS) is 15.9. The van der Waals surface area contributed by atoms with Gasteiger partial charge in [0, 0.05) is 31.8 Å². The van der Waals surface area contributed by atoms with Gasteiger partial charge in [0.15, 0.2) is 0 Å². The van der Waals surface area contributed by atoms with Crippen molar-refractivity contribution >= 4 is 23.2 Å². The van der Waals surface area contributed by atoms with E-state index < -0.39 is 10.8 Å². The lowest BCUT2D eigenvalue weighted by molar-refractivity contribution is -0.384. The maximum atomic E-state index is 12.6. The van der Waals surface area contributed by atoms with Gasteiger partial charge in [-0.1, -0.05) is 41.9 Å². The molecule has 0 saturated carbocycles. The zero-order valence-electron chi connectivity index (χ0n) is 14.6. The molecule has 0 spiro atoms. The highest BCUT2D eigenvalue weighted by molar-refractivity contribution is 6.33. The molecule has 2 aromatic rings. The molecule has 8 heteroatoms. The van der Waals surface area contributed by atoms with Gasteiger partial charge >= 0.3 is 0 Å². The number of amides is 1. The molecule has 1 aliphatic heterocycles. The van der Waals surface area contributed by atoms with Crippen molar-refractivity contribution in [1.82, 2.24) is 10.2 Å². The van der Waals surface area contributed by atoms with Gasteiger partial charge < -0.3 is 10.1 Å². The number of nitro benzene ring substituents is 1. The Bertz CT molecular complexity index is 810. The lowest BCUT2D eigenvalue weighted by Gasteiger charge is -2.35. The summed E-state index contributed by atoms with van der Waals surface area (Å²) in [5.74, 6) is -0.433. The Kier molecular flexibility index (Phi) is 6.39. The van der Waals surface area contributed by atoms with Crippen LogP contribution in [0.15, 0.2) is 48.5 Å². The molecule has 3 rings (SSSR count). The molecule has 1 aliphatic rings. The van der Waals surface area contributed by atoms with Crippen LogP contribution in [0.5, 0.6) is 0 Å². The van der Waals surface area contributed by atoms with Crippen LogP contribution >= 0.6 is 11.6 Å². The van der Waals surface area contributed by atoms with E-state index in [4.69, 9.17) is 16.3 Å².